The Morgan fingerprint density at radius 1 is 0.524 bits per heavy atom. The van der Waals surface area contributed by atoms with Crippen molar-refractivity contribution in [1.29, 1.82) is 0 Å². The van der Waals surface area contributed by atoms with Crippen molar-refractivity contribution in [3.63, 3.8) is 0 Å². The predicted molar refractivity (Wildman–Crippen MR) is 102 cm³/mol. The van der Waals surface area contributed by atoms with E-state index in [1.165, 1.54) is 89.9 Å². The van der Waals surface area contributed by atoms with Gasteiger partial charge < -0.3 is 0 Å². The third-order valence-electron chi connectivity index (χ3n) is 3.75. The van der Waals surface area contributed by atoms with Gasteiger partial charge in [0.15, 0.2) is 0 Å². The quantitative estimate of drug-likeness (QED) is 0.140. The molecule has 0 rings (SSSR count). The fourth-order valence-corrected chi connectivity index (χ4v) is 2.76. The van der Waals surface area contributed by atoms with E-state index >= 15 is 0 Å². The maximum absolute atomic E-state index is 5.66. The van der Waals surface area contributed by atoms with Gasteiger partial charge in [0.2, 0.25) is 0 Å². The molecule has 0 spiro atoms. The van der Waals surface area contributed by atoms with Crippen LogP contribution in [-0.4, -0.2) is 28.9 Å². The summed E-state index contributed by atoms with van der Waals surface area (Å²) in [7, 11) is 0. The molecule has 0 saturated carbocycles. The van der Waals surface area contributed by atoms with Crippen LogP contribution in [0.15, 0.2) is 0 Å². The summed E-state index contributed by atoms with van der Waals surface area (Å²) in [6.45, 7) is 0. The van der Waals surface area contributed by atoms with Gasteiger partial charge in [0, 0.05) is 17.7 Å². The molecule has 122 valence electrons. The lowest BCUT2D eigenvalue weighted by molar-refractivity contribution is 0.537. The molecule has 0 unspecified atom stereocenters. The van der Waals surface area contributed by atoms with E-state index in [1.54, 1.807) is 0 Å². The number of rotatable bonds is 15. The zero-order valence-corrected chi connectivity index (χ0v) is 14.6. The van der Waals surface area contributed by atoms with E-state index < -0.39 is 0 Å². The molecule has 0 aliphatic carbocycles. The largest absolute Gasteiger partial charge is 0.316 e. The fraction of sp³-hybridized carbons (Fsp3) is 0.889. The smallest absolute Gasteiger partial charge is 0.127 e. The van der Waals surface area contributed by atoms with E-state index in [1.807, 2.05) is 0 Å². The number of hydrogen-bond acceptors (Lipinski definition) is 0. The molecule has 0 aromatic carbocycles. The van der Waals surface area contributed by atoms with E-state index in [-0.39, 0.29) is 23.1 Å². The van der Waals surface area contributed by atoms with Crippen molar-refractivity contribution in [3.05, 3.63) is 0 Å². The SMILES string of the molecule is ClC#CCCCCCCCCCCCCCCCCCl.[MgH2]. The lowest BCUT2D eigenvalue weighted by Crippen LogP contribution is -1.83. The molecule has 0 aliphatic rings. The second-order valence-electron chi connectivity index (χ2n) is 5.66. The minimum absolute atomic E-state index is 0. The molecule has 0 amide bonds. The van der Waals surface area contributed by atoms with E-state index in [2.05, 4.69) is 11.3 Å². The Hall–Kier alpha value is 0.906. The molecule has 0 saturated heterocycles. The molecule has 0 bridgehead atoms. The molecule has 0 fully saturated rings. The van der Waals surface area contributed by atoms with Gasteiger partial charge in [0.1, 0.15) is 0 Å². The number of hydrogen-bond donors (Lipinski definition) is 0. The Balaban J connectivity index is 0. The van der Waals surface area contributed by atoms with Crippen molar-refractivity contribution in [2.75, 3.05) is 5.88 Å². The maximum Gasteiger partial charge on any atom is 0.316 e. The molecular formula is C18H34Cl2Mg. The zero-order valence-electron chi connectivity index (χ0n) is 13.1. The highest BCUT2D eigenvalue weighted by molar-refractivity contribution is 6.30. The lowest BCUT2D eigenvalue weighted by Gasteiger charge is -2.02. The molecule has 0 heterocycles. The van der Waals surface area contributed by atoms with Crippen LogP contribution in [0.4, 0.5) is 0 Å². The topological polar surface area (TPSA) is 0 Å². The van der Waals surface area contributed by atoms with Gasteiger partial charge in [-0.3, -0.25) is 0 Å². The molecule has 0 aromatic rings. The summed E-state index contributed by atoms with van der Waals surface area (Å²) in [5.74, 6) is 3.74. The van der Waals surface area contributed by atoms with Crippen LogP contribution in [-0.2, 0) is 0 Å². The summed E-state index contributed by atoms with van der Waals surface area (Å²) < 4.78 is 0. The van der Waals surface area contributed by atoms with Gasteiger partial charge in [-0.1, -0.05) is 83.0 Å². The zero-order chi connectivity index (χ0) is 14.7. The highest BCUT2D eigenvalue weighted by atomic mass is 35.5. The average Bonchev–Trinajstić information content (AvgIpc) is 2.47. The van der Waals surface area contributed by atoms with Crippen molar-refractivity contribution in [3.8, 4) is 11.3 Å². The molecule has 0 radical (unpaired) electrons. The molecule has 0 N–H and O–H groups in total. The summed E-state index contributed by atoms with van der Waals surface area (Å²) in [4.78, 5) is 0. The van der Waals surface area contributed by atoms with Crippen LogP contribution in [0.5, 0.6) is 0 Å². The molecular weight excluding hydrogens is 311 g/mol. The van der Waals surface area contributed by atoms with Crippen molar-refractivity contribution in [2.45, 2.75) is 96.3 Å². The number of alkyl halides is 1. The fourth-order valence-electron chi connectivity index (χ4n) is 2.48. The highest BCUT2D eigenvalue weighted by Crippen LogP contribution is 2.13. The Morgan fingerprint density at radius 3 is 1.19 bits per heavy atom. The van der Waals surface area contributed by atoms with Crippen LogP contribution in [0.25, 0.3) is 0 Å². The maximum atomic E-state index is 5.66. The average molecular weight is 346 g/mol. The van der Waals surface area contributed by atoms with Crippen LogP contribution in [0.2, 0.25) is 0 Å². The van der Waals surface area contributed by atoms with Crippen molar-refractivity contribution in [1.82, 2.24) is 0 Å². The lowest BCUT2D eigenvalue weighted by atomic mass is 10.0. The Labute approximate surface area is 159 Å². The van der Waals surface area contributed by atoms with Crippen LogP contribution in [0, 0.1) is 11.3 Å². The first kappa shape index (κ1) is 24.2. The van der Waals surface area contributed by atoms with Gasteiger partial charge in [0.25, 0.3) is 0 Å². The van der Waals surface area contributed by atoms with Crippen molar-refractivity contribution in [2.24, 2.45) is 0 Å². The predicted octanol–water partition coefficient (Wildman–Crippen LogP) is 6.36. The molecule has 0 aliphatic heterocycles. The van der Waals surface area contributed by atoms with Gasteiger partial charge in [-0.25, -0.2) is 0 Å². The van der Waals surface area contributed by atoms with Crippen molar-refractivity contribution < 1.29 is 0 Å². The summed E-state index contributed by atoms with van der Waals surface area (Å²) in [5.41, 5.74) is 0. The molecule has 0 nitrogen and oxygen atoms in total. The van der Waals surface area contributed by atoms with Crippen molar-refractivity contribution >= 4 is 46.3 Å². The van der Waals surface area contributed by atoms with E-state index in [0.29, 0.717) is 0 Å². The van der Waals surface area contributed by atoms with Crippen LogP contribution >= 0.6 is 23.2 Å². The van der Waals surface area contributed by atoms with Crippen LogP contribution < -0.4 is 0 Å². The molecule has 0 atom stereocenters. The summed E-state index contributed by atoms with van der Waals surface area (Å²) in [6.07, 6.45) is 20.1. The number of halogens is 2. The first-order valence-electron chi connectivity index (χ1n) is 8.56. The third kappa shape index (κ3) is 23.3. The third-order valence-corrected chi connectivity index (χ3v) is 4.15. The van der Waals surface area contributed by atoms with Gasteiger partial charge >= 0.3 is 23.1 Å². The molecule has 3 heteroatoms. The summed E-state index contributed by atoms with van der Waals surface area (Å²) in [5, 5.41) is 2.43. The van der Waals surface area contributed by atoms with Crippen LogP contribution in [0.1, 0.15) is 96.3 Å². The van der Waals surface area contributed by atoms with E-state index in [4.69, 9.17) is 23.2 Å². The molecule has 21 heavy (non-hydrogen) atoms. The highest BCUT2D eigenvalue weighted by Gasteiger charge is 1.94. The van der Waals surface area contributed by atoms with E-state index in [0.717, 1.165) is 12.3 Å². The summed E-state index contributed by atoms with van der Waals surface area (Å²) in [6, 6.07) is 0. The minimum Gasteiger partial charge on any atom is -0.127 e. The first-order valence-corrected chi connectivity index (χ1v) is 9.47. The second kappa shape index (κ2) is 23.2. The molecule has 0 aromatic heterocycles. The van der Waals surface area contributed by atoms with Gasteiger partial charge in [-0.05, 0) is 24.4 Å². The first-order chi connectivity index (χ1) is 9.91. The van der Waals surface area contributed by atoms with Gasteiger partial charge in [-0.15, -0.1) is 11.6 Å². The Kier molecular flexibility index (Phi) is 26.7. The monoisotopic (exact) mass is 344 g/mol. The standard InChI is InChI=1S/C18H32Cl2.Mg.2H/c19-17-15-13-11-9-7-5-3-1-2-4-6-8-10-12-14-16-18-20;;;/h1-15,17H2;;;. The van der Waals surface area contributed by atoms with E-state index in [9.17, 15) is 0 Å². The van der Waals surface area contributed by atoms with Gasteiger partial charge in [0.05, 0.1) is 0 Å². The number of unbranched alkanes of at least 4 members (excludes halogenated alkanes) is 14. The Morgan fingerprint density at radius 2 is 0.857 bits per heavy atom. The Bertz CT molecular complexity index is 233. The minimum atomic E-state index is 0. The normalized spacial score (nSPS) is 9.81. The van der Waals surface area contributed by atoms with Crippen LogP contribution in [0.3, 0.4) is 0 Å². The second-order valence-corrected chi connectivity index (χ2v) is 6.23. The summed E-state index contributed by atoms with van der Waals surface area (Å²) >= 11 is 11.0. The van der Waals surface area contributed by atoms with Gasteiger partial charge in [-0.2, -0.15) is 0 Å².